The standard InChI is InChI=1S/C12H22N2S/c1-9(2)14-6-5-13-8-12-7-10(3)11(4)15-12/h7,9,13-14H,5-6,8H2,1-4H3. The van der Waals surface area contributed by atoms with Gasteiger partial charge in [-0.05, 0) is 25.5 Å². The normalized spacial score (nSPS) is 11.3. The van der Waals surface area contributed by atoms with Gasteiger partial charge in [0.1, 0.15) is 0 Å². The van der Waals surface area contributed by atoms with Crippen LogP contribution in [-0.2, 0) is 6.54 Å². The Labute approximate surface area is 97.1 Å². The van der Waals surface area contributed by atoms with Crippen LogP contribution in [0.5, 0.6) is 0 Å². The van der Waals surface area contributed by atoms with Gasteiger partial charge < -0.3 is 10.6 Å². The molecule has 0 bridgehead atoms. The lowest BCUT2D eigenvalue weighted by Gasteiger charge is -2.08. The Hall–Kier alpha value is -0.380. The molecule has 0 fully saturated rings. The van der Waals surface area contributed by atoms with E-state index in [1.165, 1.54) is 15.3 Å². The Kier molecular flexibility index (Phi) is 5.29. The Balaban J connectivity index is 2.15. The summed E-state index contributed by atoms with van der Waals surface area (Å²) in [4.78, 5) is 2.88. The summed E-state index contributed by atoms with van der Waals surface area (Å²) in [6.45, 7) is 11.8. The maximum absolute atomic E-state index is 3.45. The maximum Gasteiger partial charge on any atom is 0.0300 e. The number of thiophene rings is 1. The van der Waals surface area contributed by atoms with Gasteiger partial charge in [-0.1, -0.05) is 13.8 Å². The van der Waals surface area contributed by atoms with Crippen molar-refractivity contribution in [3.8, 4) is 0 Å². The molecule has 86 valence electrons. The van der Waals surface area contributed by atoms with Crippen LogP contribution in [0.1, 0.15) is 29.2 Å². The molecule has 0 saturated heterocycles. The molecule has 3 heteroatoms. The fourth-order valence-electron chi connectivity index (χ4n) is 1.40. The molecule has 0 aromatic carbocycles. The van der Waals surface area contributed by atoms with Crippen LogP contribution in [0.25, 0.3) is 0 Å². The van der Waals surface area contributed by atoms with E-state index in [0.717, 1.165) is 19.6 Å². The summed E-state index contributed by atoms with van der Waals surface area (Å²) in [5.74, 6) is 0. The Morgan fingerprint density at radius 2 is 2.00 bits per heavy atom. The first-order valence-electron chi connectivity index (χ1n) is 5.59. The van der Waals surface area contributed by atoms with Crippen molar-refractivity contribution in [3.63, 3.8) is 0 Å². The topological polar surface area (TPSA) is 24.1 Å². The third-order valence-electron chi connectivity index (χ3n) is 2.37. The number of hydrogen-bond donors (Lipinski definition) is 2. The highest BCUT2D eigenvalue weighted by molar-refractivity contribution is 7.12. The van der Waals surface area contributed by atoms with Gasteiger partial charge in [-0.15, -0.1) is 11.3 Å². The van der Waals surface area contributed by atoms with E-state index in [0.29, 0.717) is 6.04 Å². The second-order valence-electron chi connectivity index (χ2n) is 4.24. The molecule has 1 rings (SSSR count). The lowest BCUT2D eigenvalue weighted by Crippen LogP contribution is -2.31. The SMILES string of the molecule is Cc1cc(CNCCNC(C)C)sc1C. The first kappa shape index (κ1) is 12.7. The average Bonchev–Trinajstić information content (AvgIpc) is 2.45. The first-order chi connectivity index (χ1) is 7.09. The molecule has 1 aromatic heterocycles. The molecular formula is C12H22N2S. The van der Waals surface area contributed by atoms with Crippen molar-refractivity contribution in [2.45, 2.75) is 40.3 Å². The second kappa shape index (κ2) is 6.26. The van der Waals surface area contributed by atoms with Crippen LogP contribution in [0.15, 0.2) is 6.07 Å². The van der Waals surface area contributed by atoms with Crippen molar-refractivity contribution in [1.82, 2.24) is 10.6 Å². The molecule has 0 unspecified atom stereocenters. The highest BCUT2D eigenvalue weighted by Crippen LogP contribution is 2.19. The van der Waals surface area contributed by atoms with Gasteiger partial charge in [0.25, 0.3) is 0 Å². The minimum absolute atomic E-state index is 0.582. The van der Waals surface area contributed by atoms with Gasteiger partial charge in [-0.25, -0.2) is 0 Å². The maximum atomic E-state index is 3.45. The molecule has 0 saturated carbocycles. The summed E-state index contributed by atoms with van der Waals surface area (Å²) in [6, 6.07) is 2.86. The van der Waals surface area contributed by atoms with Crippen LogP contribution in [0.2, 0.25) is 0 Å². The minimum atomic E-state index is 0.582. The van der Waals surface area contributed by atoms with Crippen LogP contribution < -0.4 is 10.6 Å². The van der Waals surface area contributed by atoms with Crippen LogP contribution >= 0.6 is 11.3 Å². The third kappa shape index (κ3) is 4.78. The second-order valence-corrected chi connectivity index (χ2v) is 5.58. The molecule has 1 heterocycles. The minimum Gasteiger partial charge on any atom is -0.313 e. The lowest BCUT2D eigenvalue weighted by atomic mass is 10.3. The predicted molar refractivity (Wildman–Crippen MR) is 68.6 cm³/mol. The lowest BCUT2D eigenvalue weighted by molar-refractivity contribution is 0.557. The quantitative estimate of drug-likeness (QED) is 0.728. The summed E-state index contributed by atoms with van der Waals surface area (Å²) in [7, 11) is 0. The molecule has 0 radical (unpaired) electrons. The number of hydrogen-bond acceptors (Lipinski definition) is 3. The van der Waals surface area contributed by atoms with Crippen LogP contribution in [0, 0.1) is 13.8 Å². The number of nitrogens with one attached hydrogen (secondary N) is 2. The van der Waals surface area contributed by atoms with Crippen molar-refractivity contribution in [2.75, 3.05) is 13.1 Å². The molecule has 0 amide bonds. The molecular weight excluding hydrogens is 204 g/mol. The van der Waals surface area contributed by atoms with Gasteiger partial charge in [0, 0.05) is 35.4 Å². The number of rotatable bonds is 6. The van der Waals surface area contributed by atoms with Gasteiger partial charge in [0.2, 0.25) is 0 Å². The zero-order valence-corrected chi connectivity index (χ0v) is 11.0. The largest absolute Gasteiger partial charge is 0.313 e. The zero-order chi connectivity index (χ0) is 11.3. The first-order valence-corrected chi connectivity index (χ1v) is 6.41. The van der Waals surface area contributed by atoms with E-state index in [4.69, 9.17) is 0 Å². The van der Waals surface area contributed by atoms with Crippen LogP contribution in [0.3, 0.4) is 0 Å². The van der Waals surface area contributed by atoms with Crippen molar-refractivity contribution in [1.29, 1.82) is 0 Å². The van der Waals surface area contributed by atoms with Gasteiger partial charge >= 0.3 is 0 Å². The molecule has 2 nitrogen and oxygen atoms in total. The van der Waals surface area contributed by atoms with E-state index in [1.54, 1.807) is 0 Å². The van der Waals surface area contributed by atoms with Crippen molar-refractivity contribution >= 4 is 11.3 Å². The van der Waals surface area contributed by atoms with Crippen molar-refractivity contribution < 1.29 is 0 Å². The Morgan fingerprint density at radius 3 is 2.53 bits per heavy atom. The fraction of sp³-hybridized carbons (Fsp3) is 0.667. The highest BCUT2D eigenvalue weighted by Gasteiger charge is 2.00. The van der Waals surface area contributed by atoms with Crippen LogP contribution in [-0.4, -0.2) is 19.1 Å². The Morgan fingerprint density at radius 1 is 1.27 bits per heavy atom. The van der Waals surface area contributed by atoms with E-state index < -0.39 is 0 Å². The van der Waals surface area contributed by atoms with Crippen LogP contribution in [0.4, 0.5) is 0 Å². The summed E-state index contributed by atoms with van der Waals surface area (Å²) < 4.78 is 0. The molecule has 0 aliphatic rings. The molecule has 0 spiro atoms. The third-order valence-corrected chi connectivity index (χ3v) is 3.52. The van der Waals surface area contributed by atoms with Crippen molar-refractivity contribution in [2.24, 2.45) is 0 Å². The molecule has 0 aliphatic heterocycles. The van der Waals surface area contributed by atoms with E-state index in [1.807, 2.05) is 11.3 Å². The zero-order valence-electron chi connectivity index (χ0n) is 10.2. The average molecular weight is 226 g/mol. The molecule has 1 aromatic rings. The summed E-state index contributed by atoms with van der Waals surface area (Å²) in [5, 5.41) is 6.83. The van der Waals surface area contributed by atoms with Gasteiger partial charge in [-0.2, -0.15) is 0 Å². The van der Waals surface area contributed by atoms with E-state index in [9.17, 15) is 0 Å². The smallest absolute Gasteiger partial charge is 0.0300 e. The number of aryl methyl sites for hydroxylation is 2. The molecule has 0 aliphatic carbocycles. The van der Waals surface area contributed by atoms with E-state index >= 15 is 0 Å². The monoisotopic (exact) mass is 226 g/mol. The summed E-state index contributed by atoms with van der Waals surface area (Å²) in [5.41, 5.74) is 1.41. The Bertz CT molecular complexity index is 272. The van der Waals surface area contributed by atoms with Gasteiger partial charge in [-0.3, -0.25) is 0 Å². The summed E-state index contributed by atoms with van der Waals surface area (Å²) in [6.07, 6.45) is 0. The molecule has 15 heavy (non-hydrogen) atoms. The van der Waals surface area contributed by atoms with Crippen molar-refractivity contribution in [3.05, 3.63) is 21.4 Å². The van der Waals surface area contributed by atoms with E-state index in [2.05, 4.69) is 44.4 Å². The summed E-state index contributed by atoms with van der Waals surface area (Å²) >= 11 is 1.90. The van der Waals surface area contributed by atoms with Gasteiger partial charge in [0.05, 0.1) is 0 Å². The highest BCUT2D eigenvalue weighted by atomic mass is 32.1. The van der Waals surface area contributed by atoms with E-state index in [-0.39, 0.29) is 0 Å². The predicted octanol–water partition coefficient (Wildman–Crippen LogP) is 2.45. The van der Waals surface area contributed by atoms with Gasteiger partial charge in [0.15, 0.2) is 0 Å². The fourth-order valence-corrected chi connectivity index (χ4v) is 2.42. The molecule has 0 atom stereocenters. The molecule has 2 N–H and O–H groups in total.